The number of aliphatic carboxylic acids is 2. The third kappa shape index (κ3) is 17.6. The van der Waals surface area contributed by atoms with E-state index in [0.717, 1.165) is 16.9 Å². The van der Waals surface area contributed by atoms with Gasteiger partial charge in [-0.2, -0.15) is 26.3 Å². The fourth-order valence-electron chi connectivity index (χ4n) is 7.86. The minimum absolute atomic E-state index is 0.00690. The number of halogens is 6. The number of aromatic nitrogens is 5. The number of piperidine rings is 1. The number of carbonyl (C=O) groups is 4. The van der Waals surface area contributed by atoms with Gasteiger partial charge in [-0.15, -0.1) is 0 Å². The summed E-state index contributed by atoms with van der Waals surface area (Å²) in [5.41, 5.74) is 9.21. The fourth-order valence-corrected chi connectivity index (χ4v) is 7.86. The Morgan fingerprint density at radius 3 is 1.81 bits per heavy atom. The van der Waals surface area contributed by atoms with Crippen LogP contribution in [-0.2, 0) is 29.2 Å². The Morgan fingerprint density at radius 1 is 0.827 bits per heavy atom. The summed E-state index contributed by atoms with van der Waals surface area (Å²) in [7, 11) is 0. The maximum absolute atomic E-state index is 13.4. The zero-order chi connectivity index (χ0) is 56.7. The number of carbonyl (C=O) groups excluding carboxylic acids is 3. The highest BCUT2D eigenvalue weighted by Gasteiger charge is 2.39. The van der Waals surface area contributed by atoms with E-state index in [0.29, 0.717) is 68.8 Å². The maximum atomic E-state index is 13.4. The summed E-state index contributed by atoms with van der Waals surface area (Å²) in [6, 6.07) is 6.81. The van der Waals surface area contributed by atoms with Gasteiger partial charge in [-0.05, 0) is 58.0 Å². The van der Waals surface area contributed by atoms with Crippen molar-refractivity contribution >= 4 is 51.8 Å². The molecule has 8 atom stereocenters. The normalized spacial score (nSPS) is 16.9. The molecule has 1 aliphatic heterocycles. The number of anilines is 1. The van der Waals surface area contributed by atoms with Crippen molar-refractivity contribution in [1.82, 2.24) is 40.0 Å². The second-order valence-corrected chi connectivity index (χ2v) is 16.9. The van der Waals surface area contributed by atoms with Crippen molar-refractivity contribution in [3.05, 3.63) is 47.5 Å². The van der Waals surface area contributed by atoms with Crippen molar-refractivity contribution < 1.29 is 111 Å². The predicted octanol–water partition coefficient (Wildman–Crippen LogP) is -4.95. The van der Waals surface area contributed by atoms with E-state index in [1.807, 2.05) is 30.5 Å². The molecule has 16 N–H and O–H groups in total. The number of hydrogen-bond acceptors (Lipinski definition) is 20. The van der Waals surface area contributed by atoms with E-state index < -0.39 is 92.2 Å². The molecular formula is C43H62F6N10O16. The Labute approximate surface area is 421 Å². The third-order valence-corrected chi connectivity index (χ3v) is 11.9. The van der Waals surface area contributed by atoms with Gasteiger partial charge in [0.2, 0.25) is 0 Å². The number of nitrogen functional groups attached to an aromatic ring is 1. The number of benzene rings is 1. The van der Waals surface area contributed by atoms with Gasteiger partial charge >= 0.3 is 18.3 Å². The lowest BCUT2D eigenvalue weighted by atomic mass is 9.97. The van der Waals surface area contributed by atoms with E-state index in [9.17, 15) is 76.8 Å². The number of nitrogens with one attached hydrogen (secondary N) is 3. The van der Waals surface area contributed by atoms with E-state index >= 15 is 0 Å². The number of likely N-dealkylation sites (tertiary alicyclic amines) is 1. The van der Waals surface area contributed by atoms with Crippen LogP contribution in [0.4, 0.5) is 32.2 Å². The van der Waals surface area contributed by atoms with Crippen LogP contribution in [0.1, 0.15) is 53.4 Å². The van der Waals surface area contributed by atoms with Crippen LogP contribution >= 0.6 is 0 Å². The number of aliphatic hydroxyl groups excluding tert-OH is 10. The highest BCUT2D eigenvalue weighted by Crippen LogP contribution is 2.22. The highest BCUT2D eigenvalue weighted by molar-refractivity contribution is 5.98. The van der Waals surface area contributed by atoms with Crippen LogP contribution in [0.25, 0.3) is 22.2 Å². The number of hydrogen-bond donors (Lipinski definition) is 15. The minimum atomic E-state index is -5.19. The molecule has 0 bridgehead atoms. The molecule has 2 amide bonds. The van der Waals surface area contributed by atoms with E-state index in [2.05, 4.69) is 35.1 Å². The van der Waals surface area contributed by atoms with Crippen LogP contribution < -0.4 is 26.0 Å². The molecule has 0 radical (unpaired) electrons. The molecular weight excluding hydrogens is 1030 g/mol. The standard InChI is InChI=1S/C39H60N10O12.2C2HF3O2/c1-3-48-24-6-5-21(15-25(24)49(4-2)30(48)16-43-39(61)31-36(40)45-37-23(44-31)7-10-41-37)38(60)42-11-14-46-12-8-22(9-13-46)47(17-26(52)32(56)34(58)28(54)19-50)18-27(53)33(57)35(59)29(55)20-51;2*3-2(4,5)1(6)7/h5-7,10,15,22,26-29,32-35,50-59H,3-4,8-9,11-14,16-20H2,1-2H3,(H4-,40,41,42,43,44,45,60,61);2*(H,6,7). The number of aliphatic hydroxyl groups is 10. The molecule has 1 saturated heterocycles. The number of imidazole rings is 1. The Hall–Kier alpha value is -5.91. The number of H-pyrrole nitrogens is 1. The predicted molar refractivity (Wildman–Crippen MR) is 243 cm³/mol. The summed E-state index contributed by atoms with van der Waals surface area (Å²) in [5, 5.41) is 122. The maximum Gasteiger partial charge on any atom is 0.490 e. The Morgan fingerprint density at radius 2 is 1.35 bits per heavy atom. The second-order valence-electron chi connectivity index (χ2n) is 16.9. The van der Waals surface area contributed by atoms with Crippen LogP contribution in [0.3, 0.4) is 0 Å². The zero-order valence-electron chi connectivity index (χ0n) is 40.3. The van der Waals surface area contributed by atoms with Crippen LogP contribution in [0.15, 0.2) is 30.5 Å². The number of rotatable bonds is 22. The number of nitrogens with two attached hydrogens (primary N) is 1. The molecule has 32 heteroatoms. The van der Waals surface area contributed by atoms with Crippen LogP contribution in [-0.4, -0.2) is 229 Å². The summed E-state index contributed by atoms with van der Waals surface area (Å²) < 4.78 is 67.4. The van der Waals surface area contributed by atoms with Crippen LogP contribution in [0, 0.1) is 0 Å². The van der Waals surface area contributed by atoms with Crippen molar-refractivity contribution in [2.45, 2.75) is 114 Å². The first-order valence-corrected chi connectivity index (χ1v) is 22.9. The summed E-state index contributed by atoms with van der Waals surface area (Å²) >= 11 is 0. The van der Waals surface area contributed by atoms with Crippen molar-refractivity contribution in [2.24, 2.45) is 0 Å². The molecule has 4 heterocycles. The molecule has 26 nitrogen and oxygen atoms in total. The van der Waals surface area contributed by atoms with Gasteiger partial charge in [0.25, 0.3) is 17.6 Å². The molecule has 8 unspecified atom stereocenters. The summed E-state index contributed by atoms with van der Waals surface area (Å²) in [5.74, 6) is -5.69. The van der Waals surface area contributed by atoms with E-state index in [-0.39, 0.29) is 43.1 Å². The number of alkyl halides is 6. The van der Waals surface area contributed by atoms with Gasteiger partial charge in [-0.3, -0.25) is 14.5 Å². The van der Waals surface area contributed by atoms with E-state index in [4.69, 9.17) is 35.7 Å². The lowest BCUT2D eigenvalue weighted by Gasteiger charge is -2.41. The highest BCUT2D eigenvalue weighted by atomic mass is 19.4. The van der Waals surface area contributed by atoms with Crippen LogP contribution in [0.2, 0.25) is 0 Å². The Kier molecular flexibility index (Phi) is 23.9. The number of amides is 2. The number of carboxylic acid groups (broad SMARTS) is 2. The summed E-state index contributed by atoms with van der Waals surface area (Å²) in [6.45, 7) is 4.76. The lowest BCUT2D eigenvalue weighted by molar-refractivity contribution is -0.676. The van der Waals surface area contributed by atoms with Gasteiger partial charge in [0.1, 0.15) is 54.7 Å². The fraction of sp³-hybridized carbons (Fsp3) is 0.605. The Bertz CT molecular complexity index is 2440. The molecule has 5 rings (SSSR count). The van der Waals surface area contributed by atoms with Crippen LogP contribution in [0.5, 0.6) is 0 Å². The number of aromatic amines is 1. The number of carboxylic acids is 2. The molecule has 1 aliphatic rings. The Balaban J connectivity index is 0.000000928. The minimum Gasteiger partial charge on any atom is -0.542 e. The zero-order valence-corrected chi connectivity index (χ0v) is 40.3. The van der Waals surface area contributed by atoms with Gasteiger partial charge in [0.15, 0.2) is 28.2 Å². The monoisotopic (exact) mass is 1090 g/mol. The van der Waals surface area contributed by atoms with Gasteiger partial charge in [0.05, 0.1) is 38.5 Å². The van der Waals surface area contributed by atoms with Crippen molar-refractivity contribution in [1.29, 1.82) is 0 Å². The topological polar surface area (TPSA) is 421 Å². The molecule has 1 fully saturated rings. The molecule has 4 aromatic rings. The van der Waals surface area contributed by atoms with Crippen molar-refractivity contribution in [3.8, 4) is 0 Å². The average Bonchev–Trinajstić information content (AvgIpc) is 3.96. The van der Waals surface area contributed by atoms with Gasteiger partial charge < -0.3 is 92.3 Å². The molecule has 0 spiro atoms. The second kappa shape index (κ2) is 28.3. The largest absolute Gasteiger partial charge is 0.542 e. The van der Waals surface area contributed by atoms with E-state index in [1.165, 1.54) is 0 Å². The summed E-state index contributed by atoms with van der Waals surface area (Å²) in [6.07, 6.45) is -21.9. The quantitative estimate of drug-likeness (QED) is 0.0259. The first-order chi connectivity index (χ1) is 35.0. The van der Waals surface area contributed by atoms with Gasteiger partial charge in [0, 0.05) is 50.0 Å². The lowest BCUT2D eigenvalue weighted by Crippen LogP contribution is -2.56. The van der Waals surface area contributed by atoms with Crippen molar-refractivity contribution in [2.75, 3.05) is 58.2 Å². The molecule has 0 saturated carbocycles. The van der Waals surface area contributed by atoms with Gasteiger partial charge in [-0.1, -0.05) is 0 Å². The smallest absolute Gasteiger partial charge is 0.490 e. The average molecular weight is 1090 g/mol. The SMILES string of the molecule is CCn1c(CNC(=O)c2nc3cc[nH]c3nc2N)[n+](CC)c2ccc(C(=O)NCCN3CCC(N(CC(O)C(O)C(O)C(O)CO)CC(O)C(O)C(O)C(O)CO)CC3)cc21.O=C(O)C(F)(F)F.O=C([O-])C(F)(F)F. The number of fused-ring (bicyclic) bond motifs is 2. The van der Waals surface area contributed by atoms with E-state index in [1.54, 1.807) is 23.2 Å². The third-order valence-electron chi connectivity index (χ3n) is 11.9. The van der Waals surface area contributed by atoms with Crippen molar-refractivity contribution in [3.63, 3.8) is 0 Å². The first-order valence-electron chi connectivity index (χ1n) is 22.9. The molecule has 3 aromatic heterocycles. The number of aryl methyl sites for hydroxylation is 2. The van der Waals surface area contributed by atoms with Gasteiger partial charge in [-0.25, -0.2) is 23.9 Å². The molecule has 0 aliphatic carbocycles. The summed E-state index contributed by atoms with van der Waals surface area (Å²) in [4.78, 5) is 59.5. The number of nitrogens with zero attached hydrogens (tertiary/aromatic N) is 6. The molecule has 75 heavy (non-hydrogen) atoms. The first kappa shape index (κ1) is 63.4. The molecule has 1 aromatic carbocycles. The molecule has 422 valence electrons.